The van der Waals surface area contributed by atoms with Crippen molar-refractivity contribution in [3.8, 4) is 0 Å². The maximum atomic E-state index is 11.9. The van der Waals surface area contributed by atoms with E-state index >= 15 is 0 Å². The summed E-state index contributed by atoms with van der Waals surface area (Å²) >= 11 is 0. The molecule has 0 aromatic rings. The number of rotatable bonds is 7. The van der Waals surface area contributed by atoms with Crippen molar-refractivity contribution in [2.45, 2.75) is 25.9 Å². The zero-order valence-electron chi connectivity index (χ0n) is 9.26. The molecular weight excluding hydrogens is 222 g/mol. The lowest BCUT2D eigenvalue weighted by Crippen LogP contribution is -2.39. The zero-order chi connectivity index (χ0) is 12.6. The van der Waals surface area contributed by atoms with Crippen LogP contribution < -0.4 is 10.6 Å². The number of ether oxygens (including phenoxy) is 1. The lowest BCUT2D eigenvalue weighted by Gasteiger charge is -2.15. The fourth-order valence-corrected chi connectivity index (χ4v) is 1.01. The molecule has 0 fully saturated rings. The Labute approximate surface area is 92.5 Å². The molecule has 2 unspecified atom stereocenters. The predicted molar refractivity (Wildman–Crippen MR) is 53.5 cm³/mol. The highest BCUT2D eigenvalue weighted by Gasteiger charge is 2.09. The van der Waals surface area contributed by atoms with Crippen LogP contribution in [0, 0.1) is 0 Å². The van der Waals surface area contributed by atoms with Crippen molar-refractivity contribution < 1.29 is 23.1 Å². The molecule has 2 amide bonds. The van der Waals surface area contributed by atoms with Gasteiger partial charge in [0.15, 0.2) is 6.67 Å². The van der Waals surface area contributed by atoms with Crippen LogP contribution >= 0.6 is 0 Å². The lowest BCUT2D eigenvalue weighted by molar-refractivity contribution is -0.122. The predicted octanol–water partition coefficient (Wildman–Crippen LogP) is 0.545. The average molecular weight is 238 g/mol. The first-order valence-electron chi connectivity index (χ1n) is 4.84. The van der Waals surface area contributed by atoms with Crippen molar-refractivity contribution in [3.63, 3.8) is 0 Å². The molecule has 0 bridgehead atoms. The minimum absolute atomic E-state index is 0.117. The average Bonchev–Trinajstić information content (AvgIpc) is 2.16. The standard InChI is InChI=1S/C9H16F2N2O3/c1-6(12-8(14)3-10)4-16-5-7(2)13-9(11)15/h6-7H,3-5H2,1-2H3,(H,12,14)(H,13,15). The lowest BCUT2D eigenvalue weighted by atomic mass is 10.3. The summed E-state index contributed by atoms with van der Waals surface area (Å²) in [5.41, 5.74) is 0. The number of carbonyl (C=O) groups excluding carboxylic acids is 2. The zero-order valence-corrected chi connectivity index (χ0v) is 9.26. The third-order valence-corrected chi connectivity index (χ3v) is 1.62. The van der Waals surface area contributed by atoms with Gasteiger partial charge in [-0.15, -0.1) is 4.39 Å². The van der Waals surface area contributed by atoms with E-state index in [1.807, 2.05) is 5.32 Å². The quantitative estimate of drug-likeness (QED) is 0.502. The number of alkyl halides is 1. The first-order chi connectivity index (χ1) is 7.45. The van der Waals surface area contributed by atoms with Gasteiger partial charge in [0.25, 0.3) is 5.91 Å². The maximum absolute atomic E-state index is 11.9. The van der Waals surface area contributed by atoms with Crippen LogP contribution in [-0.2, 0) is 9.53 Å². The van der Waals surface area contributed by atoms with Gasteiger partial charge >= 0.3 is 6.16 Å². The van der Waals surface area contributed by atoms with Crippen molar-refractivity contribution in [2.24, 2.45) is 0 Å². The molecule has 0 saturated heterocycles. The van der Waals surface area contributed by atoms with Gasteiger partial charge in [-0.05, 0) is 13.8 Å². The van der Waals surface area contributed by atoms with E-state index in [-0.39, 0.29) is 19.3 Å². The van der Waals surface area contributed by atoms with Crippen LogP contribution in [0.25, 0.3) is 0 Å². The van der Waals surface area contributed by atoms with Crippen LogP contribution in [-0.4, -0.2) is 44.0 Å². The van der Waals surface area contributed by atoms with Gasteiger partial charge in [0.2, 0.25) is 0 Å². The van der Waals surface area contributed by atoms with Crippen molar-refractivity contribution in [3.05, 3.63) is 0 Å². The van der Waals surface area contributed by atoms with Crippen molar-refractivity contribution in [1.82, 2.24) is 10.6 Å². The van der Waals surface area contributed by atoms with E-state index in [2.05, 4.69) is 5.32 Å². The molecular formula is C9H16F2N2O3. The Hall–Kier alpha value is -1.24. The third kappa shape index (κ3) is 8.10. The van der Waals surface area contributed by atoms with E-state index in [9.17, 15) is 18.4 Å². The van der Waals surface area contributed by atoms with Gasteiger partial charge < -0.3 is 15.4 Å². The van der Waals surface area contributed by atoms with Gasteiger partial charge in [-0.1, -0.05) is 0 Å². The fourth-order valence-electron chi connectivity index (χ4n) is 1.01. The maximum Gasteiger partial charge on any atom is 0.397 e. The molecule has 16 heavy (non-hydrogen) atoms. The van der Waals surface area contributed by atoms with E-state index in [4.69, 9.17) is 4.74 Å². The number of hydrogen-bond acceptors (Lipinski definition) is 3. The SMILES string of the molecule is CC(COCC(C)NC(=O)CF)NC(=O)F. The monoisotopic (exact) mass is 238 g/mol. The summed E-state index contributed by atoms with van der Waals surface area (Å²) in [5, 5.41) is 4.33. The summed E-state index contributed by atoms with van der Waals surface area (Å²) < 4.78 is 28.7. The van der Waals surface area contributed by atoms with Crippen LogP contribution in [0.5, 0.6) is 0 Å². The van der Waals surface area contributed by atoms with Crippen LogP contribution in [0.15, 0.2) is 0 Å². The van der Waals surface area contributed by atoms with E-state index < -0.39 is 24.8 Å². The Morgan fingerprint density at radius 1 is 1.19 bits per heavy atom. The first-order valence-corrected chi connectivity index (χ1v) is 4.84. The smallest absolute Gasteiger partial charge is 0.377 e. The molecule has 0 heterocycles. The second kappa shape index (κ2) is 7.98. The highest BCUT2D eigenvalue weighted by Crippen LogP contribution is 1.90. The molecule has 0 aliphatic carbocycles. The molecule has 94 valence electrons. The van der Waals surface area contributed by atoms with Crippen LogP contribution in [0.1, 0.15) is 13.8 Å². The van der Waals surface area contributed by atoms with E-state index in [0.29, 0.717) is 0 Å². The van der Waals surface area contributed by atoms with Crippen molar-refractivity contribution in [2.75, 3.05) is 19.9 Å². The van der Waals surface area contributed by atoms with E-state index in [1.165, 1.54) is 0 Å². The van der Waals surface area contributed by atoms with Gasteiger partial charge in [-0.25, -0.2) is 9.18 Å². The van der Waals surface area contributed by atoms with Crippen molar-refractivity contribution in [1.29, 1.82) is 0 Å². The number of carbonyl (C=O) groups is 2. The van der Waals surface area contributed by atoms with Crippen LogP contribution in [0.3, 0.4) is 0 Å². The Morgan fingerprint density at radius 3 is 2.12 bits per heavy atom. The summed E-state index contributed by atoms with van der Waals surface area (Å²) in [6, 6.07) is -0.793. The van der Waals surface area contributed by atoms with Gasteiger partial charge in [0.05, 0.1) is 19.3 Å². The third-order valence-electron chi connectivity index (χ3n) is 1.62. The molecule has 0 rings (SSSR count). The Kier molecular flexibility index (Phi) is 7.36. The first kappa shape index (κ1) is 14.8. The normalized spacial score (nSPS) is 14.0. The van der Waals surface area contributed by atoms with Gasteiger partial charge in [0, 0.05) is 6.04 Å². The molecule has 0 saturated carbocycles. The summed E-state index contributed by atoms with van der Waals surface area (Å²) in [4.78, 5) is 20.6. The highest BCUT2D eigenvalue weighted by atomic mass is 19.1. The summed E-state index contributed by atoms with van der Waals surface area (Å²) in [5.74, 6) is -0.707. The largest absolute Gasteiger partial charge is 0.397 e. The highest BCUT2D eigenvalue weighted by molar-refractivity contribution is 5.77. The molecule has 0 aliphatic rings. The van der Waals surface area contributed by atoms with Crippen LogP contribution in [0.4, 0.5) is 13.6 Å². The number of halogens is 2. The summed E-state index contributed by atoms with van der Waals surface area (Å²) in [6.45, 7) is 2.43. The Morgan fingerprint density at radius 2 is 1.69 bits per heavy atom. The second-order valence-corrected chi connectivity index (χ2v) is 3.46. The molecule has 0 aromatic carbocycles. The molecule has 2 atom stereocenters. The number of hydrogen-bond donors (Lipinski definition) is 2. The number of nitrogens with one attached hydrogen (secondary N) is 2. The minimum atomic E-state index is -1.62. The van der Waals surface area contributed by atoms with E-state index in [0.717, 1.165) is 0 Å². The molecule has 5 nitrogen and oxygen atoms in total. The molecule has 0 radical (unpaired) electrons. The molecule has 7 heteroatoms. The van der Waals surface area contributed by atoms with Gasteiger partial charge in [-0.3, -0.25) is 4.79 Å². The second-order valence-electron chi connectivity index (χ2n) is 3.46. The molecule has 0 spiro atoms. The fraction of sp³-hybridized carbons (Fsp3) is 0.778. The molecule has 0 aliphatic heterocycles. The topological polar surface area (TPSA) is 67.4 Å². The number of amides is 2. The molecule has 2 N–H and O–H groups in total. The molecule has 0 aromatic heterocycles. The summed E-state index contributed by atoms with van der Waals surface area (Å²) in [6.07, 6.45) is -1.62. The Bertz CT molecular complexity index is 239. The summed E-state index contributed by atoms with van der Waals surface area (Å²) in [7, 11) is 0. The van der Waals surface area contributed by atoms with Gasteiger partial charge in [-0.2, -0.15) is 0 Å². The van der Waals surface area contributed by atoms with E-state index in [1.54, 1.807) is 13.8 Å². The van der Waals surface area contributed by atoms with Crippen LogP contribution in [0.2, 0.25) is 0 Å². The van der Waals surface area contributed by atoms with Crippen molar-refractivity contribution >= 4 is 12.1 Å². The minimum Gasteiger partial charge on any atom is -0.377 e. The Balaban J connectivity index is 3.57. The van der Waals surface area contributed by atoms with Gasteiger partial charge in [0.1, 0.15) is 0 Å².